The van der Waals surface area contributed by atoms with Gasteiger partial charge in [-0.25, -0.2) is 9.37 Å². The van der Waals surface area contributed by atoms with Crippen molar-refractivity contribution >= 4 is 34.7 Å². The SMILES string of the molecule is C=CC(=O)Nc1cccc(Nc2nc(Nc3ccc(C[C@H]4CCN(CCF)C4)cc3)ncc2OC)c1. The second kappa shape index (κ2) is 12.1. The third kappa shape index (κ3) is 6.79. The van der Waals surface area contributed by atoms with Crippen molar-refractivity contribution in [3.63, 3.8) is 0 Å². The maximum atomic E-state index is 12.6. The molecule has 2 aromatic carbocycles. The summed E-state index contributed by atoms with van der Waals surface area (Å²) in [6.45, 7) is 5.67. The number of nitrogens with one attached hydrogen (secondary N) is 3. The van der Waals surface area contributed by atoms with Gasteiger partial charge in [-0.2, -0.15) is 4.98 Å². The average Bonchev–Trinajstić information content (AvgIpc) is 3.32. The van der Waals surface area contributed by atoms with Crippen molar-refractivity contribution in [1.82, 2.24) is 14.9 Å². The van der Waals surface area contributed by atoms with Crippen molar-refractivity contribution in [3.8, 4) is 5.75 Å². The van der Waals surface area contributed by atoms with Gasteiger partial charge in [-0.05, 0) is 67.3 Å². The summed E-state index contributed by atoms with van der Waals surface area (Å²) in [4.78, 5) is 22.7. The number of likely N-dealkylation sites (tertiary alicyclic amines) is 1. The highest BCUT2D eigenvalue weighted by Gasteiger charge is 2.22. The molecule has 1 aliphatic heterocycles. The Morgan fingerprint density at radius 2 is 2.00 bits per heavy atom. The lowest BCUT2D eigenvalue weighted by molar-refractivity contribution is -0.111. The van der Waals surface area contributed by atoms with Gasteiger partial charge in [-0.1, -0.05) is 24.8 Å². The second-order valence-corrected chi connectivity index (χ2v) is 8.68. The molecule has 1 aromatic heterocycles. The quantitative estimate of drug-likeness (QED) is 0.328. The van der Waals surface area contributed by atoms with E-state index in [1.54, 1.807) is 25.4 Å². The third-order valence-corrected chi connectivity index (χ3v) is 6.06. The molecule has 4 rings (SSSR count). The molecule has 0 aliphatic carbocycles. The van der Waals surface area contributed by atoms with E-state index in [0.717, 1.165) is 37.3 Å². The molecule has 0 spiro atoms. The maximum Gasteiger partial charge on any atom is 0.247 e. The predicted octanol–water partition coefficient (Wildman–Crippen LogP) is 4.93. The Morgan fingerprint density at radius 3 is 2.75 bits per heavy atom. The molecule has 9 heteroatoms. The fourth-order valence-corrected chi connectivity index (χ4v) is 4.26. The maximum absolute atomic E-state index is 12.6. The zero-order chi connectivity index (χ0) is 25.3. The molecule has 3 aromatic rings. The van der Waals surface area contributed by atoms with Crippen LogP contribution < -0.4 is 20.7 Å². The van der Waals surface area contributed by atoms with E-state index in [0.29, 0.717) is 35.7 Å². The summed E-state index contributed by atoms with van der Waals surface area (Å²) < 4.78 is 18.0. The molecule has 1 fully saturated rings. The Morgan fingerprint density at radius 1 is 1.19 bits per heavy atom. The molecule has 3 N–H and O–H groups in total. The topological polar surface area (TPSA) is 91.4 Å². The number of aromatic nitrogens is 2. The van der Waals surface area contributed by atoms with Crippen molar-refractivity contribution in [1.29, 1.82) is 0 Å². The fraction of sp³-hybridized carbons (Fsp3) is 0.296. The molecule has 1 aliphatic rings. The minimum Gasteiger partial charge on any atom is -0.491 e. The minimum absolute atomic E-state index is 0.280. The summed E-state index contributed by atoms with van der Waals surface area (Å²) >= 11 is 0. The summed E-state index contributed by atoms with van der Waals surface area (Å²) in [6, 6.07) is 15.5. The van der Waals surface area contributed by atoms with Crippen molar-refractivity contribution in [2.75, 3.05) is 49.4 Å². The van der Waals surface area contributed by atoms with Gasteiger partial charge in [-0.15, -0.1) is 0 Å². The van der Waals surface area contributed by atoms with E-state index in [-0.39, 0.29) is 12.6 Å². The molecule has 8 nitrogen and oxygen atoms in total. The zero-order valence-electron chi connectivity index (χ0n) is 20.3. The van der Waals surface area contributed by atoms with Gasteiger partial charge in [0.1, 0.15) is 6.67 Å². The Hall–Kier alpha value is -3.98. The van der Waals surface area contributed by atoms with Gasteiger partial charge in [0.2, 0.25) is 11.9 Å². The number of halogens is 1. The number of methoxy groups -OCH3 is 1. The number of rotatable bonds is 11. The lowest BCUT2D eigenvalue weighted by Crippen LogP contribution is -2.23. The number of hydrogen-bond donors (Lipinski definition) is 3. The van der Waals surface area contributed by atoms with Gasteiger partial charge in [0.05, 0.1) is 13.3 Å². The molecular weight excluding hydrogens is 459 g/mol. The summed E-state index contributed by atoms with van der Waals surface area (Å²) in [6.07, 6.45) is 4.91. The highest BCUT2D eigenvalue weighted by Crippen LogP contribution is 2.28. The Balaban J connectivity index is 1.41. The monoisotopic (exact) mass is 490 g/mol. The van der Waals surface area contributed by atoms with Gasteiger partial charge in [0.15, 0.2) is 11.6 Å². The predicted molar refractivity (Wildman–Crippen MR) is 141 cm³/mol. The molecule has 1 atom stereocenters. The van der Waals surface area contributed by atoms with Crippen LogP contribution in [0.2, 0.25) is 0 Å². The van der Waals surface area contributed by atoms with E-state index in [2.05, 4.69) is 49.5 Å². The van der Waals surface area contributed by atoms with Crippen LogP contribution in [0, 0.1) is 5.92 Å². The van der Waals surface area contributed by atoms with Crippen molar-refractivity contribution in [3.05, 3.63) is 72.9 Å². The van der Waals surface area contributed by atoms with Crippen LogP contribution in [0.25, 0.3) is 0 Å². The van der Waals surface area contributed by atoms with Crippen LogP contribution in [0.5, 0.6) is 5.75 Å². The first-order valence-corrected chi connectivity index (χ1v) is 11.9. The van der Waals surface area contributed by atoms with E-state index >= 15 is 0 Å². The van der Waals surface area contributed by atoms with E-state index in [4.69, 9.17) is 4.74 Å². The Bertz CT molecular complexity index is 1190. The van der Waals surface area contributed by atoms with Crippen LogP contribution in [-0.4, -0.2) is 54.2 Å². The molecule has 0 radical (unpaired) electrons. The van der Waals surface area contributed by atoms with E-state index in [9.17, 15) is 9.18 Å². The first kappa shape index (κ1) is 25.1. The van der Waals surface area contributed by atoms with Crippen molar-refractivity contribution < 1.29 is 13.9 Å². The first-order chi connectivity index (χ1) is 17.6. The number of hydrogen-bond acceptors (Lipinski definition) is 7. The normalized spacial score (nSPS) is 15.3. The van der Waals surface area contributed by atoms with Crippen molar-refractivity contribution in [2.45, 2.75) is 12.8 Å². The van der Waals surface area contributed by atoms with Gasteiger partial charge in [-0.3, -0.25) is 4.79 Å². The smallest absolute Gasteiger partial charge is 0.247 e. The largest absolute Gasteiger partial charge is 0.491 e. The highest BCUT2D eigenvalue weighted by molar-refractivity contribution is 5.99. The van der Waals surface area contributed by atoms with Crippen molar-refractivity contribution in [2.24, 2.45) is 5.92 Å². The fourth-order valence-electron chi connectivity index (χ4n) is 4.26. The summed E-state index contributed by atoms with van der Waals surface area (Å²) in [5.41, 5.74) is 3.48. The van der Waals surface area contributed by atoms with E-state index in [1.165, 1.54) is 11.6 Å². The molecule has 1 saturated heterocycles. The number of amides is 1. The van der Waals surface area contributed by atoms with Gasteiger partial charge < -0.3 is 25.6 Å². The Kier molecular flexibility index (Phi) is 8.46. The molecule has 2 heterocycles. The summed E-state index contributed by atoms with van der Waals surface area (Å²) in [7, 11) is 1.55. The Labute approximate surface area is 210 Å². The molecule has 0 unspecified atom stereocenters. The zero-order valence-corrected chi connectivity index (χ0v) is 20.3. The summed E-state index contributed by atoms with van der Waals surface area (Å²) in [5, 5.41) is 9.19. The second-order valence-electron chi connectivity index (χ2n) is 8.68. The number of nitrogens with zero attached hydrogens (tertiary/aromatic N) is 3. The number of alkyl halides is 1. The third-order valence-electron chi connectivity index (χ3n) is 6.06. The molecule has 36 heavy (non-hydrogen) atoms. The van der Waals surface area contributed by atoms with Crippen LogP contribution >= 0.6 is 0 Å². The lowest BCUT2D eigenvalue weighted by Gasteiger charge is -2.14. The molecule has 188 valence electrons. The van der Waals surface area contributed by atoms with Gasteiger partial charge >= 0.3 is 0 Å². The molecular formula is C27H31FN6O2. The molecule has 1 amide bonds. The molecule has 0 saturated carbocycles. The van der Waals surface area contributed by atoms with Crippen LogP contribution in [0.4, 0.5) is 33.2 Å². The number of ether oxygens (including phenoxy) is 1. The molecule has 0 bridgehead atoms. The highest BCUT2D eigenvalue weighted by atomic mass is 19.1. The van der Waals surface area contributed by atoms with Crippen LogP contribution in [0.15, 0.2) is 67.4 Å². The minimum atomic E-state index is -0.286. The number of benzene rings is 2. The standard InChI is InChI=1S/C27H31FN6O2/c1-3-25(35)30-22-5-4-6-23(16-22)31-26-24(36-2)17-29-27(33-26)32-21-9-7-19(8-10-21)15-20-11-13-34(18-20)14-12-28/h3-10,16-17,20H,1,11-15,18H2,2H3,(H,30,35)(H2,29,31,32,33)/t20-/m1/s1. The number of carbonyl (C=O) groups excluding carboxylic acids is 1. The van der Waals surface area contributed by atoms with Gasteiger partial charge in [0.25, 0.3) is 0 Å². The van der Waals surface area contributed by atoms with Gasteiger partial charge in [0, 0.05) is 30.2 Å². The van der Waals surface area contributed by atoms with Crippen LogP contribution in [0.1, 0.15) is 12.0 Å². The number of anilines is 5. The van der Waals surface area contributed by atoms with Crippen LogP contribution in [-0.2, 0) is 11.2 Å². The number of carbonyl (C=O) groups is 1. The average molecular weight is 491 g/mol. The van der Waals surface area contributed by atoms with Crippen LogP contribution in [0.3, 0.4) is 0 Å². The van der Waals surface area contributed by atoms with E-state index < -0.39 is 0 Å². The first-order valence-electron chi connectivity index (χ1n) is 11.9. The van der Waals surface area contributed by atoms with E-state index in [1.807, 2.05) is 24.3 Å². The summed E-state index contributed by atoms with van der Waals surface area (Å²) in [5.74, 6) is 1.66. The lowest BCUT2D eigenvalue weighted by atomic mass is 9.98.